The van der Waals surface area contributed by atoms with E-state index in [2.05, 4.69) is 20.7 Å². The Bertz CT molecular complexity index is 591. The number of halogens is 2. The summed E-state index contributed by atoms with van der Waals surface area (Å²) < 4.78 is 5.33. The third kappa shape index (κ3) is 6.53. The highest BCUT2D eigenvalue weighted by atomic mass is 35.5. The van der Waals surface area contributed by atoms with Gasteiger partial charge in [-0.1, -0.05) is 29.3 Å². The minimum atomic E-state index is 0.507. The second-order valence-electron chi connectivity index (χ2n) is 5.50. The summed E-state index contributed by atoms with van der Waals surface area (Å²) in [6, 6.07) is 5.40. The van der Waals surface area contributed by atoms with Crippen molar-refractivity contribution in [3.63, 3.8) is 0 Å². The molecule has 1 aromatic rings. The van der Waals surface area contributed by atoms with Gasteiger partial charge in [-0.2, -0.15) is 5.10 Å². The summed E-state index contributed by atoms with van der Waals surface area (Å²) in [5.41, 5.74) is 4.53. The van der Waals surface area contributed by atoms with E-state index in [1.165, 1.54) is 0 Å². The number of hydrazone groups is 1. The monoisotopic (exact) mass is 388 g/mol. The van der Waals surface area contributed by atoms with Crippen LogP contribution in [0, 0.1) is 0 Å². The summed E-state index contributed by atoms with van der Waals surface area (Å²) in [5.74, 6) is 0. The normalized spacial score (nSPS) is 16.0. The first-order valence-corrected chi connectivity index (χ1v) is 9.06. The molecule has 1 fully saturated rings. The number of rotatable bonds is 6. The fraction of sp³-hybridized carbons (Fsp3) is 0.500. The Morgan fingerprint density at radius 1 is 1.29 bits per heavy atom. The van der Waals surface area contributed by atoms with Crippen LogP contribution >= 0.6 is 35.4 Å². The molecule has 1 aromatic carbocycles. The first-order chi connectivity index (χ1) is 11.6. The molecule has 1 heterocycles. The van der Waals surface area contributed by atoms with E-state index in [0.29, 0.717) is 15.2 Å². The molecule has 0 spiro atoms. The van der Waals surface area contributed by atoms with Gasteiger partial charge in [0.05, 0.1) is 29.0 Å². The molecule has 0 saturated carbocycles. The maximum absolute atomic E-state index is 6.01. The molecule has 0 amide bonds. The van der Waals surface area contributed by atoms with E-state index >= 15 is 0 Å². The second-order valence-corrected chi connectivity index (χ2v) is 6.72. The Balaban J connectivity index is 1.68. The molecule has 8 heteroatoms. The summed E-state index contributed by atoms with van der Waals surface area (Å²) in [7, 11) is 0. The molecule has 1 saturated heterocycles. The third-order valence-corrected chi connectivity index (χ3v) is 4.68. The molecule has 132 valence electrons. The molecule has 1 aliphatic heterocycles. The largest absolute Gasteiger partial charge is 0.379 e. The van der Waals surface area contributed by atoms with Gasteiger partial charge in [0.15, 0.2) is 5.11 Å². The minimum absolute atomic E-state index is 0.507. The number of nitrogens with one attached hydrogen (secondary N) is 2. The van der Waals surface area contributed by atoms with Crippen LogP contribution < -0.4 is 10.7 Å². The van der Waals surface area contributed by atoms with Crippen molar-refractivity contribution in [2.75, 3.05) is 39.4 Å². The molecule has 0 atom stereocenters. The summed E-state index contributed by atoms with van der Waals surface area (Å²) in [6.07, 6.45) is 1.03. The van der Waals surface area contributed by atoms with Crippen LogP contribution in [0.3, 0.4) is 0 Å². The molecule has 0 aromatic heterocycles. The van der Waals surface area contributed by atoms with Gasteiger partial charge >= 0.3 is 0 Å². The van der Waals surface area contributed by atoms with Crippen molar-refractivity contribution in [3.8, 4) is 0 Å². The predicted octanol–water partition coefficient (Wildman–Crippen LogP) is 2.90. The molecule has 0 aliphatic carbocycles. The number of morpholine rings is 1. The van der Waals surface area contributed by atoms with Gasteiger partial charge in [-0.05, 0) is 49.8 Å². The number of nitrogens with zero attached hydrogens (tertiary/aromatic N) is 2. The van der Waals surface area contributed by atoms with Crippen molar-refractivity contribution in [2.45, 2.75) is 13.3 Å². The van der Waals surface area contributed by atoms with Crippen LogP contribution in [0.2, 0.25) is 10.0 Å². The van der Waals surface area contributed by atoms with E-state index in [9.17, 15) is 0 Å². The highest BCUT2D eigenvalue weighted by Gasteiger charge is 2.09. The lowest BCUT2D eigenvalue weighted by atomic mass is 10.1. The molecule has 5 nitrogen and oxygen atoms in total. The smallest absolute Gasteiger partial charge is 0.186 e. The van der Waals surface area contributed by atoms with Gasteiger partial charge in [-0.25, -0.2) is 0 Å². The summed E-state index contributed by atoms with van der Waals surface area (Å²) >= 11 is 17.2. The number of hydrogen-bond donors (Lipinski definition) is 2. The van der Waals surface area contributed by atoms with Gasteiger partial charge < -0.3 is 10.1 Å². The van der Waals surface area contributed by atoms with Gasteiger partial charge in [-0.3, -0.25) is 10.3 Å². The van der Waals surface area contributed by atoms with Crippen molar-refractivity contribution in [1.82, 2.24) is 15.6 Å². The van der Waals surface area contributed by atoms with E-state index in [-0.39, 0.29) is 0 Å². The first kappa shape index (κ1) is 19.4. The van der Waals surface area contributed by atoms with Crippen LogP contribution in [0.15, 0.2) is 23.3 Å². The molecule has 24 heavy (non-hydrogen) atoms. The van der Waals surface area contributed by atoms with Crippen molar-refractivity contribution >= 4 is 46.2 Å². The van der Waals surface area contributed by atoms with Gasteiger partial charge in [0.2, 0.25) is 0 Å². The molecule has 0 bridgehead atoms. The molecule has 2 N–H and O–H groups in total. The molecular formula is C16H22Cl2N4OS. The summed E-state index contributed by atoms with van der Waals surface area (Å²) in [4.78, 5) is 2.40. The lowest BCUT2D eigenvalue weighted by Crippen LogP contribution is -2.39. The minimum Gasteiger partial charge on any atom is -0.379 e. The van der Waals surface area contributed by atoms with Crippen LogP contribution in [0.5, 0.6) is 0 Å². The number of benzene rings is 1. The molecular weight excluding hydrogens is 367 g/mol. The quantitative estimate of drug-likeness (QED) is 0.339. The highest BCUT2D eigenvalue weighted by molar-refractivity contribution is 7.80. The Morgan fingerprint density at radius 2 is 2.04 bits per heavy atom. The van der Waals surface area contributed by atoms with E-state index in [4.69, 9.17) is 40.2 Å². The number of thiocarbonyl (C=S) groups is 1. The zero-order valence-electron chi connectivity index (χ0n) is 13.6. The number of ether oxygens (including phenoxy) is 1. The van der Waals surface area contributed by atoms with Crippen LogP contribution in [0.1, 0.15) is 18.9 Å². The molecule has 1 aliphatic rings. The standard InChI is InChI=1S/C16H22Cl2N4OS/c1-12(13-3-4-14(17)15(18)11-13)20-21-16(24)19-5-2-6-22-7-9-23-10-8-22/h3-4,11H,2,5-10H2,1H3,(H2,19,21,24)/b20-12+. The van der Waals surface area contributed by atoms with Crippen molar-refractivity contribution in [2.24, 2.45) is 5.10 Å². The number of hydrogen-bond acceptors (Lipinski definition) is 4. The summed E-state index contributed by atoms with van der Waals surface area (Å²) in [6.45, 7) is 7.42. The Kier molecular flexibility index (Phi) is 8.21. The third-order valence-electron chi connectivity index (χ3n) is 3.70. The average molecular weight is 389 g/mol. The second kappa shape index (κ2) is 10.2. The van der Waals surface area contributed by atoms with E-state index < -0.39 is 0 Å². The van der Waals surface area contributed by atoms with Gasteiger partial charge in [0.25, 0.3) is 0 Å². The van der Waals surface area contributed by atoms with Crippen LogP contribution in [0.4, 0.5) is 0 Å². The zero-order chi connectivity index (χ0) is 17.4. The lowest BCUT2D eigenvalue weighted by Gasteiger charge is -2.26. The first-order valence-electron chi connectivity index (χ1n) is 7.90. The van der Waals surface area contributed by atoms with Gasteiger partial charge in [-0.15, -0.1) is 0 Å². The zero-order valence-corrected chi connectivity index (χ0v) is 16.0. The Morgan fingerprint density at radius 3 is 2.75 bits per heavy atom. The average Bonchev–Trinajstić information content (AvgIpc) is 2.60. The fourth-order valence-corrected chi connectivity index (χ4v) is 2.74. The molecule has 2 rings (SSSR count). The molecule has 0 unspecified atom stereocenters. The maximum Gasteiger partial charge on any atom is 0.186 e. The van der Waals surface area contributed by atoms with Gasteiger partial charge in [0, 0.05) is 19.6 Å². The van der Waals surface area contributed by atoms with Crippen LogP contribution in [-0.2, 0) is 4.74 Å². The van der Waals surface area contributed by atoms with Crippen molar-refractivity contribution in [3.05, 3.63) is 33.8 Å². The predicted molar refractivity (Wildman–Crippen MR) is 104 cm³/mol. The van der Waals surface area contributed by atoms with Crippen LogP contribution in [0.25, 0.3) is 0 Å². The van der Waals surface area contributed by atoms with Gasteiger partial charge in [0.1, 0.15) is 0 Å². The highest BCUT2D eigenvalue weighted by Crippen LogP contribution is 2.22. The summed E-state index contributed by atoms with van der Waals surface area (Å²) in [5, 5.41) is 8.97. The van der Waals surface area contributed by atoms with Crippen molar-refractivity contribution in [1.29, 1.82) is 0 Å². The van der Waals surface area contributed by atoms with E-state index in [0.717, 1.165) is 57.1 Å². The van der Waals surface area contributed by atoms with E-state index in [1.807, 2.05) is 13.0 Å². The Hall–Kier alpha value is -0.920. The van der Waals surface area contributed by atoms with Crippen molar-refractivity contribution < 1.29 is 4.74 Å². The SMILES string of the molecule is C/C(=N\NC(=S)NCCCN1CCOCC1)c1ccc(Cl)c(Cl)c1. The Labute approximate surface area is 158 Å². The van der Waals surface area contributed by atoms with Crippen LogP contribution in [-0.4, -0.2) is 55.1 Å². The maximum atomic E-state index is 6.01. The lowest BCUT2D eigenvalue weighted by molar-refractivity contribution is 0.0376. The molecule has 0 radical (unpaired) electrons. The van der Waals surface area contributed by atoms with E-state index in [1.54, 1.807) is 12.1 Å². The fourth-order valence-electron chi connectivity index (χ4n) is 2.29. The topological polar surface area (TPSA) is 48.9 Å².